The highest BCUT2D eigenvalue weighted by Gasteiger charge is 2.12. The van der Waals surface area contributed by atoms with Gasteiger partial charge in [0, 0.05) is 38.1 Å². The number of rotatable bonds is 5. The highest BCUT2D eigenvalue weighted by Crippen LogP contribution is 2.32. The highest BCUT2D eigenvalue weighted by molar-refractivity contribution is 5.70. The minimum Gasteiger partial charge on any atom is -0.366 e. The third-order valence-electron chi connectivity index (χ3n) is 3.71. The van der Waals surface area contributed by atoms with Crippen molar-refractivity contribution in [2.24, 2.45) is 4.99 Å². The zero-order chi connectivity index (χ0) is 17.0. The van der Waals surface area contributed by atoms with Gasteiger partial charge in [-0.2, -0.15) is 0 Å². The minimum absolute atomic E-state index is 0.291. The second-order valence-corrected chi connectivity index (χ2v) is 5.45. The summed E-state index contributed by atoms with van der Waals surface area (Å²) in [5.74, 6) is -0.731. The molecule has 122 valence electrons. The van der Waals surface area contributed by atoms with Gasteiger partial charge in [0.1, 0.15) is 11.5 Å². The number of halogens is 2. The number of nitrogens with zero attached hydrogens (tertiary/aromatic N) is 3. The lowest BCUT2D eigenvalue weighted by Gasteiger charge is -2.22. The van der Waals surface area contributed by atoms with E-state index >= 15 is 0 Å². The predicted molar refractivity (Wildman–Crippen MR) is 92.1 cm³/mol. The molecule has 5 heteroatoms. The molecule has 3 nitrogen and oxygen atoms in total. The number of aryl methyl sites for hydroxylation is 1. The Labute approximate surface area is 135 Å². The van der Waals surface area contributed by atoms with Crippen LogP contribution in [0.1, 0.15) is 12.5 Å². The number of anilines is 2. The molecule has 0 radical (unpaired) electrons. The van der Waals surface area contributed by atoms with Crippen molar-refractivity contribution in [2.45, 2.75) is 13.8 Å². The van der Waals surface area contributed by atoms with Gasteiger partial charge < -0.3 is 9.80 Å². The van der Waals surface area contributed by atoms with Gasteiger partial charge in [-0.25, -0.2) is 13.8 Å². The van der Waals surface area contributed by atoms with E-state index < -0.39 is 5.82 Å². The highest BCUT2D eigenvalue weighted by atomic mass is 19.1. The third kappa shape index (κ3) is 4.06. The summed E-state index contributed by atoms with van der Waals surface area (Å²) in [5.41, 5.74) is 2.49. The van der Waals surface area contributed by atoms with Crippen molar-refractivity contribution in [3.05, 3.63) is 53.6 Å². The first-order valence-corrected chi connectivity index (χ1v) is 7.46. The fourth-order valence-corrected chi connectivity index (χ4v) is 2.18. The van der Waals surface area contributed by atoms with Crippen LogP contribution in [0.25, 0.3) is 0 Å². The van der Waals surface area contributed by atoms with E-state index in [1.54, 1.807) is 36.5 Å². The SMILES string of the molecule is CCN(C)C=Nc1cc(C)c(N(C)c2cccc(F)c2)cc1F. The molecule has 0 bridgehead atoms. The van der Waals surface area contributed by atoms with Crippen molar-refractivity contribution < 1.29 is 8.78 Å². The van der Waals surface area contributed by atoms with Crippen LogP contribution in [0.5, 0.6) is 0 Å². The lowest BCUT2D eigenvalue weighted by Crippen LogP contribution is -2.14. The minimum atomic E-state index is -0.408. The molecule has 2 rings (SSSR count). The van der Waals surface area contributed by atoms with E-state index in [1.165, 1.54) is 18.2 Å². The summed E-state index contributed by atoms with van der Waals surface area (Å²) in [6.07, 6.45) is 1.60. The van der Waals surface area contributed by atoms with Crippen LogP contribution in [0.3, 0.4) is 0 Å². The summed E-state index contributed by atoms with van der Waals surface area (Å²) in [5, 5.41) is 0. The van der Waals surface area contributed by atoms with Crippen molar-refractivity contribution in [1.82, 2.24) is 4.90 Å². The summed E-state index contributed by atoms with van der Waals surface area (Å²) >= 11 is 0. The molecule has 0 heterocycles. The van der Waals surface area contributed by atoms with Crippen molar-refractivity contribution in [3.8, 4) is 0 Å². The van der Waals surface area contributed by atoms with Crippen LogP contribution in [0.4, 0.5) is 25.8 Å². The van der Waals surface area contributed by atoms with E-state index in [4.69, 9.17) is 0 Å². The monoisotopic (exact) mass is 317 g/mol. The van der Waals surface area contributed by atoms with Crippen molar-refractivity contribution in [3.63, 3.8) is 0 Å². The number of benzene rings is 2. The van der Waals surface area contributed by atoms with Crippen LogP contribution < -0.4 is 4.90 Å². The third-order valence-corrected chi connectivity index (χ3v) is 3.71. The Kier molecular flexibility index (Phi) is 5.32. The topological polar surface area (TPSA) is 18.8 Å². The van der Waals surface area contributed by atoms with E-state index in [0.717, 1.165) is 12.1 Å². The second-order valence-electron chi connectivity index (χ2n) is 5.45. The van der Waals surface area contributed by atoms with Gasteiger partial charge in [-0.15, -0.1) is 0 Å². The summed E-state index contributed by atoms with van der Waals surface area (Å²) in [6, 6.07) is 9.33. The largest absolute Gasteiger partial charge is 0.366 e. The van der Waals surface area contributed by atoms with E-state index in [9.17, 15) is 8.78 Å². The van der Waals surface area contributed by atoms with E-state index in [1.807, 2.05) is 25.8 Å². The van der Waals surface area contributed by atoms with Gasteiger partial charge >= 0.3 is 0 Å². The fraction of sp³-hybridized carbons (Fsp3) is 0.278. The van der Waals surface area contributed by atoms with E-state index in [2.05, 4.69) is 4.99 Å². The van der Waals surface area contributed by atoms with E-state index in [0.29, 0.717) is 17.1 Å². The molecule has 0 saturated carbocycles. The van der Waals surface area contributed by atoms with Crippen LogP contribution in [0, 0.1) is 18.6 Å². The molecule has 0 aromatic heterocycles. The van der Waals surface area contributed by atoms with Gasteiger partial charge in [0.2, 0.25) is 0 Å². The van der Waals surface area contributed by atoms with Crippen LogP contribution >= 0.6 is 0 Å². The van der Waals surface area contributed by atoms with E-state index in [-0.39, 0.29) is 5.82 Å². The molecular weight excluding hydrogens is 296 g/mol. The first-order valence-electron chi connectivity index (χ1n) is 7.46. The maximum atomic E-state index is 14.3. The zero-order valence-corrected chi connectivity index (χ0v) is 13.8. The summed E-state index contributed by atoms with van der Waals surface area (Å²) in [4.78, 5) is 7.79. The number of aliphatic imine (C=N–C) groups is 1. The normalized spacial score (nSPS) is 11.0. The molecule has 0 aliphatic heterocycles. The summed E-state index contributed by atoms with van der Waals surface area (Å²) in [6.45, 7) is 4.67. The Morgan fingerprint density at radius 3 is 2.52 bits per heavy atom. The Hall–Kier alpha value is -2.43. The molecule has 0 unspecified atom stereocenters. The second kappa shape index (κ2) is 7.22. The first kappa shape index (κ1) is 16.9. The molecule has 0 spiro atoms. The fourth-order valence-electron chi connectivity index (χ4n) is 2.18. The Morgan fingerprint density at radius 2 is 1.87 bits per heavy atom. The smallest absolute Gasteiger partial charge is 0.150 e. The van der Waals surface area contributed by atoms with Gasteiger partial charge in [-0.05, 0) is 43.7 Å². The van der Waals surface area contributed by atoms with Gasteiger partial charge in [0.25, 0.3) is 0 Å². The van der Waals surface area contributed by atoms with Crippen LogP contribution in [-0.4, -0.2) is 31.9 Å². The van der Waals surface area contributed by atoms with Gasteiger partial charge in [-0.3, -0.25) is 0 Å². The molecule has 0 aliphatic rings. The average molecular weight is 317 g/mol. The average Bonchev–Trinajstić information content (AvgIpc) is 2.54. The van der Waals surface area contributed by atoms with Crippen LogP contribution in [-0.2, 0) is 0 Å². The quantitative estimate of drug-likeness (QED) is 0.590. The molecule has 0 aliphatic carbocycles. The molecule has 0 atom stereocenters. The lowest BCUT2D eigenvalue weighted by molar-refractivity contribution is 0.551. The Morgan fingerprint density at radius 1 is 1.13 bits per heavy atom. The van der Waals surface area contributed by atoms with Crippen LogP contribution in [0.2, 0.25) is 0 Å². The maximum absolute atomic E-state index is 14.3. The van der Waals surface area contributed by atoms with Crippen molar-refractivity contribution in [1.29, 1.82) is 0 Å². The molecule has 23 heavy (non-hydrogen) atoms. The predicted octanol–water partition coefficient (Wildman–Crippen LogP) is 4.65. The standard InChI is InChI=1S/C18H21F2N3/c1-5-22(3)12-21-17-9-13(2)18(11-16(17)20)23(4)15-8-6-7-14(19)10-15/h6-12H,5H2,1-4H3. The Bertz CT molecular complexity index is 713. The lowest BCUT2D eigenvalue weighted by atomic mass is 10.1. The molecule has 0 saturated heterocycles. The summed E-state index contributed by atoms with van der Waals surface area (Å²) in [7, 11) is 3.66. The Balaban J connectivity index is 2.34. The maximum Gasteiger partial charge on any atom is 0.150 e. The van der Waals surface area contributed by atoms with Gasteiger partial charge in [0.05, 0.1) is 6.34 Å². The molecule has 0 amide bonds. The first-order chi connectivity index (χ1) is 10.9. The van der Waals surface area contributed by atoms with Gasteiger partial charge in [-0.1, -0.05) is 6.07 Å². The van der Waals surface area contributed by atoms with Crippen molar-refractivity contribution >= 4 is 23.4 Å². The van der Waals surface area contributed by atoms with Crippen molar-refractivity contribution in [2.75, 3.05) is 25.5 Å². The summed E-state index contributed by atoms with van der Waals surface area (Å²) < 4.78 is 27.7. The molecule has 0 N–H and O–H groups in total. The van der Waals surface area contributed by atoms with Gasteiger partial charge in [0.15, 0.2) is 5.82 Å². The molecule has 2 aromatic rings. The molecule has 2 aromatic carbocycles. The zero-order valence-electron chi connectivity index (χ0n) is 13.8. The number of hydrogen-bond donors (Lipinski definition) is 0. The molecular formula is C18H21F2N3. The molecule has 0 fully saturated rings. The number of hydrogen-bond acceptors (Lipinski definition) is 2. The van der Waals surface area contributed by atoms with Crippen LogP contribution in [0.15, 0.2) is 41.4 Å².